The number of sulfonamides is 1. The van der Waals surface area contributed by atoms with E-state index < -0.39 is 16.1 Å². The van der Waals surface area contributed by atoms with Gasteiger partial charge in [-0.3, -0.25) is 0 Å². The highest BCUT2D eigenvalue weighted by Crippen LogP contribution is 2.20. The standard InChI is InChI=1S/C21H30N4O4S/c1-4-23-21(24-13-16-8-10-19(11-9-16)30(22,27)28)25-14-20(26)17-6-5-7-18(12-17)29-15(2)3/h5-12,15,20,26H,4,13-14H2,1-3H3,(H2,22,27,28)(H2,23,24,25). The molecule has 0 spiro atoms. The Balaban J connectivity index is 1.99. The van der Waals surface area contributed by atoms with Crippen molar-refractivity contribution >= 4 is 16.0 Å². The number of aliphatic hydroxyl groups is 1. The normalized spacial score (nSPS) is 13.2. The third-order valence-electron chi connectivity index (χ3n) is 4.09. The molecule has 0 bridgehead atoms. The predicted molar refractivity (Wildman–Crippen MR) is 118 cm³/mol. The van der Waals surface area contributed by atoms with Crippen molar-refractivity contribution < 1.29 is 18.3 Å². The maximum absolute atomic E-state index is 11.3. The molecule has 0 radical (unpaired) electrons. The molecule has 30 heavy (non-hydrogen) atoms. The molecule has 9 heteroatoms. The van der Waals surface area contributed by atoms with E-state index in [4.69, 9.17) is 9.88 Å². The first-order chi connectivity index (χ1) is 14.2. The summed E-state index contributed by atoms with van der Waals surface area (Å²) < 4.78 is 28.3. The topological polar surface area (TPSA) is 126 Å². The quantitative estimate of drug-likeness (QED) is 0.353. The van der Waals surface area contributed by atoms with E-state index in [-0.39, 0.29) is 17.5 Å². The molecule has 0 amide bonds. The molecule has 0 heterocycles. The Hall–Kier alpha value is -2.62. The molecule has 1 unspecified atom stereocenters. The van der Waals surface area contributed by atoms with Crippen LogP contribution in [-0.4, -0.2) is 38.7 Å². The molecule has 8 nitrogen and oxygen atoms in total. The summed E-state index contributed by atoms with van der Waals surface area (Å²) in [4.78, 5) is 4.54. The third kappa shape index (κ3) is 7.66. The Bertz CT molecular complexity index is 944. The van der Waals surface area contributed by atoms with Crippen LogP contribution >= 0.6 is 0 Å². The van der Waals surface area contributed by atoms with E-state index in [1.807, 2.05) is 45.0 Å². The maximum atomic E-state index is 11.3. The summed E-state index contributed by atoms with van der Waals surface area (Å²) in [6.45, 7) is 7.11. The van der Waals surface area contributed by atoms with Crippen LogP contribution in [0, 0.1) is 0 Å². The minimum Gasteiger partial charge on any atom is -0.491 e. The van der Waals surface area contributed by atoms with E-state index in [2.05, 4.69) is 15.6 Å². The molecule has 0 fully saturated rings. The lowest BCUT2D eigenvalue weighted by molar-refractivity contribution is 0.179. The van der Waals surface area contributed by atoms with Gasteiger partial charge < -0.3 is 20.5 Å². The average molecular weight is 435 g/mol. The summed E-state index contributed by atoms with van der Waals surface area (Å²) in [7, 11) is -3.71. The maximum Gasteiger partial charge on any atom is 0.238 e. The Morgan fingerprint density at radius 2 is 1.87 bits per heavy atom. The fourth-order valence-electron chi connectivity index (χ4n) is 2.68. The highest BCUT2D eigenvalue weighted by atomic mass is 32.2. The first-order valence-corrected chi connectivity index (χ1v) is 11.3. The summed E-state index contributed by atoms with van der Waals surface area (Å²) in [5.41, 5.74) is 1.58. The van der Waals surface area contributed by atoms with Gasteiger partial charge in [-0.15, -0.1) is 0 Å². The molecule has 2 rings (SSSR count). The molecule has 0 aliphatic carbocycles. The minimum atomic E-state index is -3.71. The number of benzene rings is 2. The molecule has 1 atom stereocenters. The smallest absolute Gasteiger partial charge is 0.238 e. The van der Waals surface area contributed by atoms with Gasteiger partial charge in [0.15, 0.2) is 5.96 Å². The van der Waals surface area contributed by atoms with Crippen molar-refractivity contribution in [2.75, 3.05) is 13.1 Å². The lowest BCUT2D eigenvalue weighted by atomic mass is 10.1. The van der Waals surface area contributed by atoms with Gasteiger partial charge in [-0.2, -0.15) is 0 Å². The zero-order valence-corrected chi connectivity index (χ0v) is 18.3. The second-order valence-corrected chi connectivity index (χ2v) is 8.58. The highest BCUT2D eigenvalue weighted by molar-refractivity contribution is 7.89. The number of aliphatic imine (C=N–C) groups is 1. The number of guanidine groups is 1. The van der Waals surface area contributed by atoms with Crippen molar-refractivity contribution in [3.63, 3.8) is 0 Å². The molecular weight excluding hydrogens is 404 g/mol. The monoisotopic (exact) mass is 434 g/mol. The molecule has 0 saturated carbocycles. The van der Waals surface area contributed by atoms with Crippen LogP contribution in [0.2, 0.25) is 0 Å². The van der Waals surface area contributed by atoms with E-state index in [0.717, 1.165) is 11.1 Å². The average Bonchev–Trinajstić information content (AvgIpc) is 2.69. The van der Waals surface area contributed by atoms with E-state index in [9.17, 15) is 13.5 Å². The van der Waals surface area contributed by atoms with Gasteiger partial charge in [0.2, 0.25) is 10.0 Å². The predicted octanol–water partition coefficient (Wildman–Crippen LogP) is 1.91. The first-order valence-electron chi connectivity index (χ1n) is 9.77. The molecular formula is C21H30N4O4S. The molecule has 164 valence electrons. The molecule has 0 aliphatic heterocycles. The van der Waals surface area contributed by atoms with E-state index >= 15 is 0 Å². The SMILES string of the molecule is CCNC(=NCc1ccc(S(N)(=O)=O)cc1)NCC(O)c1cccc(OC(C)C)c1. The van der Waals surface area contributed by atoms with Crippen LogP contribution in [0.15, 0.2) is 58.4 Å². The zero-order chi connectivity index (χ0) is 22.1. The van der Waals surface area contributed by atoms with Crippen molar-refractivity contribution in [3.05, 3.63) is 59.7 Å². The van der Waals surface area contributed by atoms with Crippen molar-refractivity contribution in [2.45, 2.75) is 44.4 Å². The van der Waals surface area contributed by atoms with Crippen LogP contribution in [-0.2, 0) is 16.6 Å². The van der Waals surface area contributed by atoms with Gasteiger partial charge in [0.1, 0.15) is 5.75 Å². The Kier molecular flexibility index (Phi) is 8.64. The summed E-state index contributed by atoms with van der Waals surface area (Å²) >= 11 is 0. The summed E-state index contributed by atoms with van der Waals surface area (Å²) in [5.74, 6) is 1.26. The van der Waals surface area contributed by atoms with Crippen LogP contribution in [0.4, 0.5) is 0 Å². The lowest BCUT2D eigenvalue weighted by Gasteiger charge is -2.17. The number of ether oxygens (including phenoxy) is 1. The number of nitrogens with one attached hydrogen (secondary N) is 2. The number of nitrogens with two attached hydrogens (primary N) is 1. The van der Waals surface area contributed by atoms with Crippen molar-refractivity contribution in [2.24, 2.45) is 10.1 Å². The van der Waals surface area contributed by atoms with Crippen LogP contribution in [0.3, 0.4) is 0 Å². The van der Waals surface area contributed by atoms with Gasteiger partial charge in [-0.1, -0.05) is 24.3 Å². The first kappa shape index (κ1) is 23.7. The molecule has 5 N–H and O–H groups in total. The van der Waals surface area contributed by atoms with Gasteiger partial charge in [0.05, 0.1) is 23.6 Å². The van der Waals surface area contributed by atoms with Crippen LogP contribution in [0.5, 0.6) is 5.75 Å². The van der Waals surface area contributed by atoms with Crippen LogP contribution in [0.1, 0.15) is 38.0 Å². The second-order valence-electron chi connectivity index (χ2n) is 7.02. The fourth-order valence-corrected chi connectivity index (χ4v) is 3.19. The number of primary sulfonamides is 1. The Morgan fingerprint density at radius 1 is 1.17 bits per heavy atom. The summed E-state index contributed by atoms with van der Waals surface area (Å²) in [6, 6.07) is 13.6. The number of hydrogen-bond donors (Lipinski definition) is 4. The molecule has 0 saturated heterocycles. The van der Waals surface area contributed by atoms with Crippen LogP contribution < -0.4 is 20.5 Å². The molecule has 0 aromatic heterocycles. The van der Waals surface area contributed by atoms with Gasteiger partial charge >= 0.3 is 0 Å². The second kappa shape index (κ2) is 11.0. The summed E-state index contributed by atoms with van der Waals surface area (Å²) in [6.07, 6.45) is -0.680. The van der Waals surface area contributed by atoms with E-state index in [0.29, 0.717) is 24.8 Å². The van der Waals surface area contributed by atoms with Gasteiger partial charge in [0, 0.05) is 13.1 Å². The number of aliphatic hydroxyl groups excluding tert-OH is 1. The lowest BCUT2D eigenvalue weighted by Crippen LogP contribution is -2.39. The minimum absolute atomic E-state index is 0.0574. The van der Waals surface area contributed by atoms with Gasteiger partial charge in [-0.25, -0.2) is 18.5 Å². The number of hydrogen-bond acceptors (Lipinski definition) is 5. The summed E-state index contributed by atoms with van der Waals surface area (Å²) in [5, 5.41) is 21.9. The van der Waals surface area contributed by atoms with Crippen molar-refractivity contribution in [3.8, 4) is 5.75 Å². The van der Waals surface area contributed by atoms with Gasteiger partial charge in [-0.05, 0) is 56.2 Å². The van der Waals surface area contributed by atoms with E-state index in [1.165, 1.54) is 12.1 Å². The Morgan fingerprint density at radius 3 is 2.47 bits per heavy atom. The third-order valence-corrected chi connectivity index (χ3v) is 5.02. The van der Waals surface area contributed by atoms with Crippen molar-refractivity contribution in [1.82, 2.24) is 10.6 Å². The highest BCUT2D eigenvalue weighted by Gasteiger charge is 2.11. The molecule has 0 aliphatic rings. The van der Waals surface area contributed by atoms with Crippen LogP contribution in [0.25, 0.3) is 0 Å². The van der Waals surface area contributed by atoms with E-state index in [1.54, 1.807) is 12.1 Å². The number of rotatable bonds is 9. The largest absolute Gasteiger partial charge is 0.491 e. The van der Waals surface area contributed by atoms with Crippen molar-refractivity contribution in [1.29, 1.82) is 0 Å². The number of nitrogens with zero attached hydrogens (tertiary/aromatic N) is 1. The Labute approximate surface area is 178 Å². The fraction of sp³-hybridized carbons (Fsp3) is 0.381. The molecule has 2 aromatic carbocycles. The zero-order valence-electron chi connectivity index (χ0n) is 17.5. The molecule has 2 aromatic rings. The van der Waals surface area contributed by atoms with Gasteiger partial charge in [0.25, 0.3) is 0 Å².